The third-order valence-electron chi connectivity index (χ3n) is 5.60. The maximum Gasteiger partial charge on any atom is 0.192 e. The summed E-state index contributed by atoms with van der Waals surface area (Å²) in [5, 5.41) is 2.66. The van der Waals surface area contributed by atoms with E-state index in [0.717, 1.165) is 13.2 Å². The van der Waals surface area contributed by atoms with Crippen LogP contribution in [0, 0.1) is 0 Å². The highest BCUT2D eigenvalue weighted by molar-refractivity contribution is 7.10. The first-order valence-electron chi connectivity index (χ1n) is 8.50. The number of hydrogen-bond donors (Lipinski definition) is 0. The first-order chi connectivity index (χ1) is 10.2. The summed E-state index contributed by atoms with van der Waals surface area (Å²) < 4.78 is 12.8. The maximum absolute atomic E-state index is 6.38. The van der Waals surface area contributed by atoms with Crippen molar-refractivity contribution in [1.29, 1.82) is 0 Å². The summed E-state index contributed by atoms with van der Waals surface area (Å²) in [5.74, 6) is 0. The van der Waals surface area contributed by atoms with E-state index in [9.17, 15) is 0 Å². The van der Waals surface area contributed by atoms with Gasteiger partial charge in [-0.3, -0.25) is 0 Å². The van der Waals surface area contributed by atoms with Crippen LogP contribution in [0.3, 0.4) is 0 Å². The first kappa shape index (κ1) is 21.1. The molecule has 0 amide bonds. The summed E-state index contributed by atoms with van der Waals surface area (Å²) >= 11 is 1.79. The van der Waals surface area contributed by atoms with E-state index < -0.39 is 16.6 Å². The summed E-state index contributed by atoms with van der Waals surface area (Å²) in [5.41, 5.74) is 1.30. The maximum atomic E-state index is 6.38. The second-order valence-corrected chi connectivity index (χ2v) is 20.1. The highest BCUT2D eigenvalue weighted by atomic mass is 32.1. The van der Waals surface area contributed by atoms with E-state index in [1.807, 2.05) is 0 Å². The van der Waals surface area contributed by atoms with Crippen LogP contribution >= 0.6 is 11.3 Å². The molecule has 1 heterocycles. The lowest BCUT2D eigenvalue weighted by molar-refractivity contribution is 0.260. The van der Waals surface area contributed by atoms with Gasteiger partial charge in [-0.15, -0.1) is 11.3 Å². The molecule has 1 rings (SSSR count). The SMILES string of the molecule is CC(C)(C)[Si](C)(C)OCc1ccsc1CO[Si](C)(C)C(C)(C)C. The Morgan fingerprint density at radius 2 is 1.26 bits per heavy atom. The normalized spacial score (nSPS) is 14.3. The van der Waals surface area contributed by atoms with Gasteiger partial charge in [-0.05, 0) is 53.3 Å². The molecule has 0 unspecified atom stereocenters. The monoisotopic (exact) mass is 372 g/mol. The van der Waals surface area contributed by atoms with Gasteiger partial charge in [0, 0.05) is 4.88 Å². The van der Waals surface area contributed by atoms with Gasteiger partial charge in [0.15, 0.2) is 16.6 Å². The Morgan fingerprint density at radius 3 is 1.70 bits per heavy atom. The van der Waals surface area contributed by atoms with E-state index in [1.165, 1.54) is 10.4 Å². The van der Waals surface area contributed by atoms with Gasteiger partial charge in [-0.25, -0.2) is 0 Å². The third kappa shape index (κ3) is 5.53. The molecule has 0 N–H and O–H groups in total. The quantitative estimate of drug-likeness (QED) is 0.512. The minimum Gasteiger partial charge on any atom is -0.413 e. The number of thiophene rings is 1. The van der Waals surface area contributed by atoms with Gasteiger partial charge >= 0.3 is 0 Å². The lowest BCUT2D eigenvalue weighted by Gasteiger charge is -2.37. The van der Waals surface area contributed by atoms with E-state index >= 15 is 0 Å². The van der Waals surface area contributed by atoms with Crippen LogP contribution in [0.5, 0.6) is 0 Å². The predicted molar refractivity (Wildman–Crippen MR) is 108 cm³/mol. The molecule has 5 heteroatoms. The van der Waals surface area contributed by atoms with Crippen molar-refractivity contribution in [1.82, 2.24) is 0 Å². The van der Waals surface area contributed by atoms with Crippen LogP contribution in [-0.2, 0) is 22.1 Å². The summed E-state index contributed by atoms with van der Waals surface area (Å²) in [6.45, 7) is 24.4. The van der Waals surface area contributed by atoms with Crippen molar-refractivity contribution < 1.29 is 8.85 Å². The zero-order chi connectivity index (χ0) is 18.1. The predicted octanol–water partition coefficient (Wildman–Crippen LogP) is 6.79. The van der Waals surface area contributed by atoms with Gasteiger partial charge in [-0.1, -0.05) is 41.5 Å². The van der Waals surface area contributed by atoms with Crippen molar-refractivity contribution in [3.05, 3.63) is 21.9 Å². The fourth-order valence-corrected chi connectivity index (χ4v) is 4.35. The average molecular weight is 373 g/mol. The van der Waals surface area contributed by atoms with Gasteiger partial charge in [0.25, 0.3) is 0 Å². The van der Waals surface area contributed by atoms with Crippen molar-refractivity contribution in [3.8, 4) is 0 Å². The van der Waals surface area contributed by atoms with Gasteiger partial charge in [0.2, 0.25) is 0 Å². The fraction of sp³-hybridized carbons (Fsp3) is 0.778. The Balaban J connectivity index is 2.72. The van der Waals surface area contributed by atoms with Crippen LogP contribution in [0.4, 0.5) is 0 Å². The zero-order valence-electron chi connectivity index (χ0n) is 16.8. The average Bonchev–Trinajstić information content (AvgIpc) is 2.78. The van der Waals surface area contributed by atoms with E-state index in [1.54, 1.807) is 11.3 Å². The van der Waals surface area contributed by atoms with E-state index in [0.29, 0.717) is 0 Å². The molecule has 0 saturated heterocycles. The van der Waals surface area contributed by atoms with E-state index in [2.05, 4.69) is 79.2 Å². The zero-order valence-corrected chi connectivity index (χ0v) is 19.6. The molecule has 0 aliphatic rings. The lowest BCUT2D eigenvalue weighted by atomic mass is 10.2. The smallest absolute Gasteiger partial charge is 0.192 e. The topological polar surface area (TPSA) is 18.5 Å². The largest absolute Gasteiger partial charge is 0.413 e. The molecule has 2 nitrogen and oxygen atoms in total. The molecule has 0 aromatic carbocycles. The molecule has 0 bridgehead atoms. The summed E-state index contributed by atoms with van der Waals surface area (Å²) in [6.07, 6.45) is 0. The van der Waals surface area contributed by atoms with Crippen molar-refractivity contribution in [2.24, 2.45) is 0 Å². The first-order valence-corrected chi connectivity index (χ1v) is 15.2. The molecule has 1 aromatic rings. The number of rotatable bonds is 6. The second-order valence-electron chi connectivity index (χ2n) is 9.47. The van der Waals surface area contributed by atoms with Gasteiger partial charge in [0.1, 0.15) is 0 Å². The van der Waals surface area contributed by atoms with Crippen LogP contribution in [-0.4, -0.2) is 16.6 Å². The van der Waals surface area contributed by atoms with E-state index in [-0.39, 0.29) is 10.1 Å². The Hall–Kier alpha value is 0.0538. The lowest BCUT2D eigenvalue weighted by Crippen LogP contribution is -2.41. The molecular formula is C18H36O2SSi2. The molecule has 134 valence electrons. The second kappa shape index (κ2) is 7.12. The summed E-state index contributed by atoms with van der Waals surface area (Å²) in [6, 6.07) is 2.20. The molecule has 1 aromatic heterocycles. The molecule has 0 saturated carbocycles. The van der Waals surface area contributed by atoms with Crippen molar-refractivity contribution in [2.45, 2.75) is 91.0 Å². The van der Waals surface area contributed by atoms with Crippen LogP contribution in [0.25, 0.3) is 0 Å². The highest BCUT2D eigenvalue weighted by Gasteiger charge is 2.38. The summed E-state index contributed by atoms with van der Waals surface area (Å²) in [7, 11) is -3.40. The summed E-state index contributed by atoms with van der Waals surface area (Å²) in [4.78, 5) is 1.33. The Morgan fingerprint density at radius 1 is 0.826 bits per heavy atom. The van der Waals surface area contributed by atoms with Gasteiger partial charge in [0.05, 0.1) is 13.2 Å². The van der Waals surface area contributed by atoms with Gasteiger partial charge in [-0.2, -0.15) is 0 Å². The Bertz CT molecular complexity index is 463. The molecular weight excluding hydrogens is 336 g/mol. The van der Waals surface area contributed by atoms with E-state index in [4.69, 9.17) is 8.85 Å². The highest BCUT2D eigenvalue weighted by Crippen LogP contribution is 2.39. The van der Waals surface area contributed by atoms with Crippen molar-refractivity contribution in [2.75, 3.05) is 0 Å². The molecule has 0 atom stereocenters. The molecule has 0 aliphatic carbocycles. The van der Waals surface area contributed by atoms with Crippen molar-refractivity contribution >= 4 is 28.0 Å². The standard InChI is InChI=1S/C18H36O2SSi2/c1-17(2,3)22(7,8)19-13-15-11-12-21-16(15)14-20-23(9,10)18(4,5)6/h11-12H,13-14H2,1-10H3. The third-order valence-corrected chi connectivity index (χ3v) is 15.5. The van der Waals surface area contributed by atoms with Crippen molar-refractivity contribution in [3.63, 3.8) is 0 Å². The minimum atomic E-state index is -1.70. The fourth-order valence-electron chi connectivity index (χ4n) is 1.56. The van der Waals surface area contributed by atoms with Crippen LogP contribution in [0.2, 0.25) is 36.3 Å². The Labute approximate surface area is 149 Å². The van der Waals surface area contributed by atoms with Crippen LogP contribution in [0.15, 0.2) is 11.4 Å². The Kier molecular flexibility index (Phi) is 6.53. The molecule has 0 radical (unpaired) electrons. The van der Waals surface area contributed by atoms with Gasteiger partial charge < -0.3 is 8.85 Å². The van der Waals surface area contributed by atoms with Crippen LogP contribution < -0.4 is 0 Å². The molecule has 23 heavy (non-hydrogen) atoms. The molecule has 0 fully saturated rings. The van der Waals surface area contributed by atoms with Crippen LogP contribution in [0.1, 0.15) is 52.0 Å². The number of hydrogen-bond acceptors (Lipinski definition) is 3. The molecule has 0 aliphatic heterocycles. The molecule has 0 spiro atoms. The minimum absolute atomic E-state index is 0.251.